The van der Waals surface area contributed by atoms with Crippen LogP contribution in [0.1, 0.15) is 27.2 Å². The first kappa shape index (κ1) is 16.0. The number of anilines is 1. The van der Waals surface area contributed by atoms with Gasteiger partial charge >= 0.3 is 0 Å². The highest BCUT2D eigenvalue weighted by atomic mass is 79.9. The van der Waals surface area contributed by atoms with Crippen LogP contribution in [0.3, 0.4) is 0 Å². The molecule has 0 aliphatic heterocycles. The average molecular weight is 391 g/mol. The molecule has 1 amide bonds. The van der Waals surface area contributed by atoms with Gasteiger partial charge in [-0.05, 0) is 60.0 Å². The Kier molecular flexibility index (Phi) is 4.37. The first-order valence-corrected chi connectivity index (χ1v) is 8.72. The molecule has 3 aromatic rings. The molecule has 0 saturated carbocycles. The molecule has 0 spiro atoms. The van der Waals surface area contributed by atoms with Crippen LogP contribution in [0.15, 0.2) is 38.7 Å². The molecule has 1 N–H and O–H groups in total. The third kappa shape index (κ3) is 3.38. The number of hydrogen-bond acceptors (Lipinski definition) is 4. The summed E-state index contributed by atoms with van der Waals surface area (Å²) in [5.74, 6) is -0.0646. The van der Waals surface area contributed by atoms with Gasteiger partial charge in [-0.2, -0.15) is 0 Å². The number of thiazole rings is 1. The SMILES string of the molecule is Cc1cc(C)c(-c2csc(NC(=O)c3ccc(Br)o3)n2)c(C)c1. The van der Waals surface area contributed by atoms with Crippen molar-refractivity contribution < 1.29 is 9.21 Å². The number of aryl methyl sites for hydroxylation is 3. The predicted molar refractivity (Wildman–Crippen MR) is 96.1 cm³/mol. The van der Waals surface area contributed by atoms with Crippen molar-refractivity contribution in [2.24, 2.45) is 0 Å². The quantitative estimate of drug-likeness (QED) is 0.656. The molecule has 0 saturated heterocycles. The third-order valence-corrected chi connectivity index (χ3v) is 4.64. The first-order valence-electron chi connectivity index (χ1n) is 7.04. The number of nitrogens with one attached hydrogen (secondary N) is 1. The van der Waals surface area contributed by atoms with Gasteiger partial charge in [0.25, 0.3) is 5.91 Å². The van der Waals surface area contributed by atoms with Crippen LogP contribution in [0, 0.1) is 20.8 Å². The number of carbonyl (C=O) groups excluding carboxylic acids is 1. The second kappa shape index (κ2) is 6.29. The Balaban J connectivity index is 1.85. The number of furan rings is 1. The van der Waals surface area contributed by atoms with E-state index in [4.69, 9.17) is 4.42 Å². The van der Waals surface area contributed by atoms with Gasteiger partial charge in [0.15, 0.2) is 15.6 Å². The van der Waals surface area contributed by atoms with Crippen LogP contribution in [-0.4, -0.2) is 10.9 Å². The minimum absolute atomic E-state index is 0.247. The summed E-state index contributed by atoms with van der Waals surface area (Å²) >= 11 is 4.58. The number of rotatable bonds is 3. The Morgan fingerprint density at radius 1 is 1.22 bits per heavy atom. The van der Waals surface area contributed by atoms with Gasteiger partial charge in [0.05, 0.1) is 5.69 Å². The van der Waals surface area contributed by atoms with Crippen LogP contribution in [0.2, 0.25) is 0 Å². The van der Waals surface area contributed by atoms with Crippen molar-refractivity contribution in [2.75, 3.05) is 5.32 Å². The molecule has 0 bridgehead atoms. The molecule has 1 aromatic carbocycles. The summed E-state index contributed by atoms with van der Waals surface area (Å²) in [6.45, 7) is 6.23. The van der Waals surface area contributed by atoms with E-state index in [-0.39, 0.29) is 11.7 Å². The van der Waals surface area contributed by atoms with Gasteiger partial charge in [0.2, 0.25) is 0 Å². The van der Waals surface area contributed by atoms with Crippen LogP contribution in [0.4, 0.5) is 5.13 Å². The number of amides is 1. The van der Waals surface area contributed by atoms with Gasteiger partial charge in [-0.3, -0.25) is 10.1 Å². The minimum atomic E-state index is -0.311. The first-order chi connectivity index (χ1) is 10.9. The molecule has 0 radical (unpaired) electrons. The fourth-order valence-electron chi connectivity index (χ4n) is 2.63. The summed E-state index contributed by atoms with van der Waals surface area (Å²) in [5, 5.41) is 5.28. The molecule has 6 heteroatoms. The van der Waals surface area contributed by atoms with E-state index in [1.165, 1.54) is 28.0 Å². The lowest BCUT2D eigenvalue weighted by Crippen LogP contribution is -2.10. The van der Waals surface area contributed by atoms with Crippen molar-refractivity contribution in [1.82, 2.24) is 4.98 Å². The zero-order valence-electron chi connectivity index (χ0n) is 12.9. The van der Waals surface area contributed by atoms with E-state index in [0.717, 1.165) is 11.3 Å². The van der Waals surface area contributed by atoms with Gasteiger partial charge in [0, 0.05) is 10.9 Å². The number of nitrogens with zero attached hydrogens (tertiary/aromatic N) is 1. The van der Waals surface area contributed by atoms with E-state index in [1.54, 1.807) is 12.1 Å². The Hall–Kier alpha value is -1.92. The molecule has 2 heterocycles. The highest BCUT2D eigenvalue weighted by Gasteiger charge is 2.15. The minimum Gasteiger partial charge on any atom is -0.444 e. The summed E-state index contributed by atoms with van der Waals surface area (Å²) in [6, 6.07) is 7.57. The van der Waals surface area contributed by atoms with Crippen LogP contribution in [0.5, 0.6) is 0 Å². The van der Waals surface area contributed by atoms with E-state index in [0.29, 0.717) is 9.80 Å². The van der Waals surface area contributed by atoms with Gasteiger partial charge < -0.3 is 4.42 Å². The normalized spacial score (nSPS) is 10.8. The number of hydrogen-bond donors (Lipinski definition) is 1. The maximum Gasteiger partial charge on any atom is 0.293 e. The molecule has 118 valence electrons. The van der Waals surface area contributed by atoms with Crippen molar-refractivity contribution in [2.45, 2.75) is 20.8 Å². The van der Waals surface area contributed by atoms with Gasteiger partial charge in [0.1, 0.15) is 0 Å². The highest BCUT2D eigenvalue weighted by Crippen LogP contribution is 2.31. The van der Waals surface area contributed by atoms with E-state index in [9.17, 15) is 4.79 Å². The zero-order chi connectivity index (χ0) is 16.6. The molecule has 0 aliphatic rings. The lowest BCUT2D eigenvalue weighted by atomic mass is 9.98. The van der Waals surface area contributed by atoms with Crippen LogP contribution >= 0.6 is 27.3 Å². The molecule has 3 rings (SSSR count). The third-order valence-electron chi connectivity index (χ3n) is 3.45. The van der Waals surface area contributed by atoms with E-state index >= 15 is 0 Å². The van der Waals surface area contributed by atoms with Crippen molar-refractivity contribution in [1.29, 1.82) is 0 Å². The number of carbonyl (C=O) groups is 1. The Morgan fingerprint density at radius 2 is 1.91 bits per heavy atom. The summed E-state index contributed by atoms with van der Waals surface area (Å²) < 4.78 is 5.76. The predicted octanol–water partition coefficient (Wildman–Crippen LogP) is 5.34. The molecule has 0 unspecified atom stereocenters. The lowest BCUT2D eigenvalue weighted by Gasteiger charge is -2.08. The molecule has 4 nitrogen and oxygen atoms in total. The lowest BCUT2D eigenvalue weighted by molar-refractivity contribution is 0.0995. The summed E-state index contributed by atoms with van der Waals surface area (Å²) in [5.41, 5.74) is 5.59. The maximum atomic E-state index is 12.1. The van der Waals surface area contributed by atoms with Crippen molar-refractivity contribution in [3.8, 4) is 11.3 Å². The Morgan fingerprint density at radius 3 is 2.52 bits per heavy atom. The topological polar surface area (TPSA) is 55.1 Å². The van der Waals surface area contributed by atoms with E-state index in [2.05, 4.69) is 59.1 Å². The standard InChI is InChI=1S/C17H15BrN2O2S/c1-9-6-10(2)15(11(3)7-9)12-8-23-17(19-12)20-16(21)13-4-5-14(18)22-13/h4-8H,1-3H3,(H,19,20,21). The number of halogens is 1. The molecular weight excluding hydrogens is 376 g/mol. The average Bonchev–Trinajstić information content (AvgIpc) is 3.07. The van der Waals surface area contributed by atoms with Crippen molar-refractivity contribution >= 4 is 38.3 Å². The fraction of sp³-hybridized carbons (Fsp3) is 0.176. The maximum absolute atomic E-state index is 12.1. The zero-order valence-corrected chi connectivity index (χ0v) is 15.3. The van der Waals surface area contributed by atoms with Gasteiger partial charge in [-0.25, -0.2) is 4.98 Å². The van der Waals surface area contributed by atoms with Gasteiger partial charge in [-0.1, -0.05) is 17.7 Å². The highest BCUT2D eigenvalue weighted by molar-refractivity contribution is 9.10. The monoisotopic (exact) mass is 390 g/mol. The molecule has 0 atom stereocenters. The molecule has 0 aliphatic carbocycles. The van der Waals surface area contributed by atoms with E-state index < -0.39 is 0 Å². The molecular formula is C17H15BrN2O2S. The van der Waals surface area contributed by atoms with Crippen molar-refractivity contribution in [3.05, 3.63) is 56.8 Å². The number of benzene rings is 1. The summed E-state index contributed by atoms with van der Waals surface area (Å²) in [6.07, 6.45) is 0. The van der Waals surface area contributed by atoms with Crippen LogP contribution < -0.4 is 5.32 Å². The second-order valence-electron chi connectivity index (χ2n) is 5.37. The molecule has 23 heavy (non-hydrogen) atoms. The van der Waals surface area contributed by atoms with E-state index in [1.807, 2.05) is 5.38 Å². The van der Waals surface area contributed by atoms with Gasteiger partial charge in [-0.15, -0.1) is 11.3 Å². The fourth-order valence-corrected chi connectivity index (χ4v) is 3.63. The number of aromatic nitrogens is 1. The smallest absolute Gasteiger partial charge is 0.293 e. The second-order valence-corrected chi connectivity index (χ2v) is 7.01. The largest absolute Gasteiger partial charge is 0.444 e. The van der Waals surface area contributed by atoms with Crippen molar-refractivity contribution in [3.63, 3.8) is 0 Å². The summed E-state index contributed by atoms with van der Waals surface area (Å²) in [4.78, 5) is 16.6. The Labute approximate surface area is 146 Å². The molecule has 2 aromatic heterocycles. The Bertz CT molecular complexity index is 859. The molecule has 0 fully saturated rings. The van der Waals surface area contributed by atoms with Crippen LogP contribution in [-0.2, 0) is 0 Å². The summed E-state index contributed by atoms with van der Waals surface area (Å²) in [7, 11) is 0. The van der Waals surface area contributed by atoms with Crippen LogP contribution in [0.25, 0.3) is 11.3 Å².